The Morgan fingerprint density at radius 2 is 2.26 bits per heavy atom. The molecular weight excluding hydrogens is 290 g/mol. The molecule has 128 valence electrons. The second kappa shape index (κ2) is 9.63. The van der Waals surface area contributed by atoms with Crippen LogP contribution in [0.15, 0.2) is 24.4 Å². The summed E-state index contributed by atoms with van der Waals surface area (Å²) in [5.74, 6) is 0.273. The van der Waals surface area contributed by atoms with Crippen LogP contribution in [-0.2, 0) is 16.1 Å². The molecule has 1 saturated heterocycles. The Hall–Kier alpha value is -1.46. The number of hydrogen-bond donors (Lipinski definition) is 0. The SMILES string of the molecule is COCCCC(=O)N1CCC[C@@H](N(C)Cc2ccccn2)CC1. The number of carbonyl (C=O) groups is 1. The monoisotopic (exact) mass is 319 g/mol. The largest absolute Gasteiger partial charge is 0.385 e. The predicted octanol–water partition coefficient (Wildman–Crippen LogP) is 2.32. The molecular formula is C18H29N3O2. The molecule has 2 rings (SSSR count). The van der Waals surface area contributed by atoms with E-state index in [1.807, 2.05) is 23.2 Å². The molecule has 0 aliphatic carbocycles. The summed E-state index contributed by atoms with van der Waals surface area (Å²) in [5.41, 5.74) is 1.10. The lowest BCUT2D eigenvalue weighted by molar-refractivity contribution is -0.131. The van der Waals surface area contributed by atoms with E-state index in [4.69, 9.17) is 4.74 Å². The molecule has 0 spiro atoms. The van der Waals surface area contributed by atoms with E-state index in [1.54, 1.807) is 7.11 Å². The van der Waals surface area contributed by atoms with Gasteiger partial charge in [-0.1, -0.05) is 6.07 Å². The van der Waals surface area contributed by atoms with Gasteiger partial charge in [0.25, 0.3) is 0 Å². The Morgan fingerprint density at radius 1 is 1.39 bits per heavy atom. The Labute approximate surface area is 139 Å². The summed E-state index contributed by atoms with van der Waals surface area (Å²) >= 11 is 0. The Bertz CT molecular complexity index is 467. The lowest BCUT2D eigenvalue weighted by atomic mass is 10.1. The number of methoxy groups -OCH3 is 1. The van der Waals surface area contributed by atoms with Crippen molar-refractivity contribution >= 4 is 5.91 Å². The maximum Gasteiger partial charge on any atom is 0.222 e. The highest BCUT2D eigenvalue weighted by atomic mass is 16.5. The average molecular weight is 319 g/mol. The van der Waals surface area contributed by atoms with Crippen molar-refractivity contribution in [3.05, 3.63) is 30.1 Å². The van der Waals surface area contributed by atoms with Gasteiger partial charge in [0.2, 0.25) is 5.91 Å². The number of amides is 1. The molecule has 5 heteroatoms. The fraction of sp³-hybridized carbons (Fsp3) is 0.667. The topological polar surface area (TPSA) is 45.7 Å². The highest BCUT2D eigenvalue weighted by molar-refractivity contribution is 5.76. The third kappa shape index (κ3) is 5.92. The number of rotatable bonds is 7. The summed E-state index contributed by atoms with van der Waals surface area (Å²) in [6.45, 7) is 3.28. The van der Waals surface area contributed by atoms with Crippen LogP contribution in [0, 0.1) is 0 Å². The molecule has 1 amide bonds. The molecule has 23 heavy (non-hydrogen) atoms. The van der Waals surface area contributed by atoms with Gasteiger partial charge in [-0.25, -0.2) is 0 Å². The van der Waals surface area contributed by atoms with Gasteiger partial charge >= 0.3 is 0 Å². The van der Waals surface area contributed by atoms with Crippen molar-refractivity contribution in [1.29, 1.82) is 0 Å². The molecule has 0 aromatic carbocycles. The standard InChI is InChI=1S/C18H29N3O2/c1-20(15-16-7-3-4-11-19-16)17-8-5-12-21(13-10-17)18(22)9-6-14-23-2/h3-4,7,11,17H,5-6,8-10,12-15H2,1-2H3/t17-/m1/s1. The third-order valence-corrected chi connectivity index (χ3v) is 4.55. The molecule has 0 unspecified atom stereocenters. The molecule has 0 N–H and O–H groups in total. The van der Waals surface area contributed by atoms with Crippen molar-refractivity contribution in [2.45, 2.75) is 44.7 Å². The van der Waals surface area contributed by atoms with Gasteiger partial charge in [0.15, 0.2) is 0 Å². The second-order valence-electron chi connectivity index (χ2n) is 6.30. The second-order valence-corrected chi connectivity index (χ2v) is 6.30. The quantitative estimate of drug-likeness (QED) is 0.724. The van der Waals surface area contributed by atoms with E-state index in [2.05, 4.69) is 23.0 Å². The first-order valence-electron chi connectivity index (χ1n) is 8.57. The minimum absolute atomic E-state index is 0.273. The molecule has 2 heterocycles. The van der Waals surface area contributed by atoms with Crippen LogP contribution in [0.3, 0.4) is 0 Å². The van der Waals surface area contributed by atoms with Crippen molar-refractivity contribution in [1.82, 2.24) is 14.8 Å². The first kappa shape index (κ1) is 17.9. The molecule has 0 bridgehead atoms. The van der Waals surface area contributed by atoms with Gasteiger partial charge in [0.1, 0.15) is 0 Å². The van der Waals surface area contributed by atoms with Crippen molar-refractivity contribution in [3.63, 3.8) is 0 Å². The minimum atomic E-state index is 0.273. The first-order valence-corrected chi connectivity index (χ1v) is 8.57. The average Bonchev–Trinajstić information content (AvgIpc) is 2.82. The van der Waals surface area contributed by atoms with E-state index in [1.165, 1.54) is 0 Å². The maximum absolute atomic E-state index is 12.2. The van der Waals surface area contributed by atoms with Crippen LogP contribution < -0.4 is 0 Å². The number of likely N-dealkylation sites (tertiary alicyclic amines) is 1. The zero-order valence-electron chi connectivity index (χ0n) is 14.4. The number of pyridine rings is 1. The van der Waals surface area contributed by atoms with Crippen molar-refractivity contribution in [2.24, 2.45) is 0 Å². The van der Waals surface area contributed by atoms with Crippen LogP contribution in [0.25, 0.3) is 0 Å². The normalized spacial score (nSPS) is 18.9. The molecule has 1 fully saturated rings. The number of carbonyl (C=O) groups excluding carboxylic acids is 1. The molecule has 0 radical (unpaired) electrons. The lowest BCUT2D eigenvalue weighted by Gasteiger charge is -2.27. The molecule has 1 aliphatic heterocycles. The smallest absolute Gasteiger partial charge is 0.222 e. The fourth-order valence-corrected chi connectivity index (χ4v) is 3.17. The van der Waals surface area contributed by atoms with Gasteiger partial charge in [-0.3, -0.25) is 14.7 Å². The predicted molar refractivity (Wildman–Crippen MR) is 91.0 cm³/mol. The molecule has 5 nitrogen and oxygen atoms in total. The fourth-order valence-electron chi connectivity index (χ4n) is 3.17. The summed E-state index contributed by atoms with van der Waals surface area (Å²) in [6, 6.07) is 6.57. The van der Waals surface area contributed by atoms with E-state index in [0.29, 0.717) is 19.1 Å². The van der Waals surface area contributed by atoms with Crippen molar-refractivity contribution < 1.29 is 9.53 Å². The van der Waals surface area contributed by atoms with Gasteiger partial charge in [-0.15, -0.1) is 0 Å². The molecule has 1 aromatic rings. The van der Waals surface area contributed by atoms with Gasteiger partial charge in [0, 0.05) is 52.0 Å². The minimum Gasteiger partial charge on any atom is -0.385 e. The van der Waals surface area contributed by atoms with Crippen molar-refractivity contribution in [2.75, 3.05) is 33.9 Å². The van der Waals surface area contributed by atoms with E-state index in [0.717, 1.165) is 51.0 Å². The van der Waals surface area contributed by atoms with E-state index >= 15 is 0 Å². The third-order valence-electron chi connectivity index (χ3n) is 4.55. The van der Waals surface area contributed by atoms with Crippen LogP contribution in [0.1, 0.15) is 37.8 Å². The highest BCUT2D eigenvalue weighted by Gasteiger charge is 2.23. The van der Waals surface area contributed by atoms with Crippen LogP contribution in [-0.4, -0.2) is 60.6 Å². The Balaban J connectivity index is 1.79. The number of hydrogen-bond acceptors (Lipinski definition) is 4. The highest BCUT2D eigenvalue weighted by Crippen LogP contribution is 2.18. The molecule has 0 saturated carbocycles. The summed E-state index contributed by atoms with van der Waals surface area (Å²) in [4.78, 5) is 21.1. The van der Waals surface area contributed by atoms with Gasteiger partial charge in [0.05, 0.1) is 5.69 Å². The zero-order valence-corrected chi connectivity index (χ0v) is 14.4. The maximum atomic E-state index is 12.2. The zero-order chi connectivity index (χ0) is 16.5. The first-order chi connectivity index (χ1) is 11.2. The van der Waals surface area contributed by atoms with Gasteiger partial charge in [-0.2, -0.15) is 0 Å². The van der Waals surface area contributed by atoms with Gasteiger partial charge < -0.3 is 9.64 Å². The summed E-state index contributed by atoms with van der Waals surface area (Å²) in [5, 5.41) is 0. The van der Waals surface area contributed by atoms with E-state index in [-0.39, 0.29) is 5.91 Å². The van der Waals surface area contributed by atoms with Crippen LogP contribution in [0.5, 0.6) is 0 Å². The summed E-state index contributed by atoms with van der Waals surface area (Å²) < 4.78 is 5.03. The van der Waals surface area contributed by atoms with Crippen LogP contribution in [0.2, 0.25) is 0 Å². The van der Waals surface area contributed by atoms with Crippen molar-refractivity contribution in [3.8, 4) is 0 Å². The Morgan fingerprint density at radius 3 is 3.00 bits per heavy atom. The van der Waals surface area contributed by atoms with Crippen LogP contribution in [0.4, 0.5) is 0 Å². The number of nitrogens with zero attached hydrogens (tertiary/aromatic N) is 3. The number of aromatic nitrogens is 1. The Kier molecular flexibility index (Phi) is 7.49. The molecule has 1 aliphatic rings. The van der Waals surface area contributed by atoms with Gasteiger partial charge in [-0.05, 0) is 44.9 Å². The summed E-state index contributed by atoms with van der Waals surface area (Å²) in [6.07, 6.45) is 6.52. The van der Waals surface area contributed by atoms with E-state index < -0.39 is 0 Å². The molecule has 1 aromatic heterocycles. The lowest BCUT2D eigenvalue weighted by Crippen LogP contribution is -2.35. The molecule has 1 atom stereocenters. The van der Waals surface area contributed by atoms with Crippen LogP contribution >= 0.6 is 0 Å². The van der Waals surface area contributed by atoms with E-state index in [9.17, 15) is 4.79 Å². The summed E-state index contributed by atoms with van der Waals surface area (Å²) in [7, 11) is 3.84. The number of ether oxygens (including phenoxy) is 1.